The van der Waals surface area contributed by atoms with Gasteiger partial charge in [-0.2, -0.15) is 0 Å². The Morgan fingerprint density at radius 2 is 1.82 bits per heavy atom. The lowest BCUT2D eigenvalue weighted by molar-refractivity contribution is 0.0765. The normalized spacial score (nSPS) is 17.5. The molecule has 1 fully saturated rings. The van der Waals surface area contributed by atoms with Crippen molar-refractivity contribution in [3.8, 4) is 0 Å². The van der Waals surface area contributed by atoms with Gasteiger partial charge in [-0.1, -0.05) is 30.3 Å². The Kier molecular flexibility index (Phi) is 4.11. The summed E-state index contributed by atoms with van der Waals surface area (Å²) in [6.45, 7) is 1.03. The Balaban J connectivity index is 1.91. The maximum Gasteiger partial charge on any atom is 0.256 e. The molecule has 1 aliphatic rings. The topological polar surface area (TPSA) is 43.8 Å². The molecule has 3 rings (SSSR count). The Morgan fingerprint density at radius 3 is 2.50 bits per heavy atom. The van der Waals surface area contributed by atoms with E-state index in [0.29, 0.717) is 25.1 Å². The van der Waals surface area contributed by atoms with Crippen LogP contribution in [0.3, 0.4) is 0 Å². The fourth-order valence-electron chi connectivity index (χ4n) is 2.83. The van der Waals surface area contributed by atoms with E-state index in [0.717, 1.165) is 11.4 Å². The number of aliphatic hydroxyl groups excluding tert-OH is 1. The molecule has 0 radical (unpaired) electrons. The number of rotatable bonds is 3. The minimum atomic E-state index is -0.400. The third-order valence-electron chi connectivity index (χ3n) is 4.09. The molecule has 2 aromatic rings. The number of likely N-dealkylation sites (tertiary alicyclic amines) is 1. The first-order chi connectivity index (χ1) is 10.7. The highest BCUT2D eigenvalue weighted by Gasteiger charge is 2.27. The minimum Gasteiger partial charge on any atom is -0.391 e. The van der Waals surface area contributed by atoms with E-state index in [2.05, 4.69) is 0 Å². The molecule has 1 saturated heterocycles. The maximum absolute atomic E-state index is 12.7. The average Bonchev–Trinajstić information content (AvgIpc) is 3.01. The number of benzene rings is 2. The minimum absolute atomic E-state index is 0.0186. The summed E-state index contributed by atoms with van der Waals surface area (Å²) in [4.78, 5) is 16.5. The SMILES string of the molecule is CN(c1ccccc1)c1ccccc1C(=O)N1CC[C@@H](O)C1. The van der Waals surface area contributed by atoms with E-state index in [1.54, 1.807) is 4.90 Å². The van der Waals surface area contributed by atoms with Crippen molar-refractivity contribution in [2.45, 2.75) is 12.5 Å². The second kappa shape index (κ2) is 6.20. The van der Waals surface area contributed by atoms with Gasteiger partial charge in [0.05, 0.1) is 17.4 Å². The van der Waals surface area contributed by atoms with Gasteiger partial charge in [0, 0.05) is 25.8 Å². The van der Waals surface area contributed by atoms with Gasteiger partial charge in [-0.3, -0.25) is 4.79 Å². The smallest absolute Gasteiger partial charge is 0.256 e. The summed E-state index contributed by atoms with van der Waals surface area (Å²) in [5.41, 5.74) is 2.58. The third-order valence-corrected chi connectivity index (χ3v) is 4.09. The van der Waals surface area contributed by atoms with Crippen molar-refractivity contribution >= 4 is 17.3 Å². The summed E-state index contributed by atoms with van der Waals surface area (Å²) in [6, 6.07) is 17.6. The number of nitrogens with zero attached hydrogens (tertiary/aromatic N) is 2. The Labute approximate surface area is 130 Å². The molecule has 1 heterocycles. The molecule has 0 aliphatic carbocycles. The van der Waals surface area contributed by atoms with Crippen molar-refractivity contribution in [3.63, 3.8) is 0 Å². The number of β-amino-alcohol motifs (C(OH)–C–C–N with tert-alkyl or cyclic N) is 1. The van der Waals surface area contributed by atoms with Gasteiger partial charge in [0.1, 0.15) is 0 Å². The zero-order valence-corrected chi connectivity index (χ0v) is 12.6. The lowest BCUT2D eigenvalue weighted by Gasteiger charge is -2.24. The summed E-state index contributed by atoms with van der Waals surface area (Å²) in [6.07, 6.45) is 0.255. The molecule has 2 aromatic carbocycles. The molecule has 1 atom stereocenters. The quantitative estimate of drug-likeness (QED) is 0.947. The number of hydrogen-bond acceptors (Lipinski definition) is 3. The van der Waals surface area contributed by atoms with Gasteiger partial charge in [-0.25, -0.2) is 0 Å². The number of anilines is 2. The van der Waals surface area contributed by atoms with Crippen molar-refractivity contribution in [2.24, 2.45) is 0 Å². The molecular formula is C18H20N2O2. The molecule has 1 aliphatic heterocycles. The third kappa shape index (κ3) is 2.83. The van der Waals surface area contributed by atoms with E-state index >= 15 is 0 Å². The zero-order chi connectivity index (χ0) is 15.5. The molecule has 22 heavy (non-hydrogen) atoms. The number of carbonyl (C=O) groups excluding carboxylic acids is 1. The molecule has 0 aromatic heterocycles. The molecule has 4 nitrogen and oxygen atoms in total. The van der Waals surface area contributed by atoms with Gasteiger partial charge in [-0.15, -0.1) is 0 Å². The van der Waals surface area contributed by atoms with E-state index in [-0.39, 0.29) is 5.91 Å². The second-order valence-corrected chi connectivity index (χ2v) is 5.61. The first-order valence-electron chi connectivity index (χ1n) is 7.52. The predicted octanol–water partition coefficient (Wildman–Crippen LogP) is 2.66. The summed E-state index contributed by atoms with van der Waals surface area (Å²) >= 11 is 0. The summed E-state index contributed by atoms with van der Waals surface area (Å²) < 4.78 is 0. The number of carbonyl (C=O) groups is 1. The van der Waals surface area contributed by atoms with E-state index in [9.17, 15) is 9.90 Å². The summed E-state index contributed by atoms with van der Waals surface area (Å²) in [5.74, 6) is -0.0186. The van der Waals surface area contributed by atoms with E-state index in [4.69, 9.17) is 0 Å². The summed E-state index contributed by atoms with van der Waals surface area (Å²) in [7, 11) is 1.96. The lowest BCUT2D eigenvalue weighted by atomic mass is 10.1. The maximum atomic E-state index is 12.7. The molecule has 1 amide bonds. The zero-order valence-electron chi connectivity index (χ0n) is 12.6. The van der Waals surface area contributed by atoms with Gasteiger partial charge >= 0.3 is 0 Å². The fourth-order valence-corrected chi connectivity index (χ4v) is 2.83. The molecule has 0 spiro atoms. The second-order valence-electron chi connectivity index (χ2n) is 5.61. The monoisotopic (exact) mass is 296 g/mol. The highest BCUT2D eigenvalue weighted by molar-refractivity contribution is 6.00. The van der Waals surface area contributed by atoms with Crippen molar-refractivity contribution < 1.29 is 9.90 Å². The van der Waals surface area contributed by atoms with Crippen molar-refractivity contribution in [1.82, 2.24) is 4.90 Å². The number of amides is 1. The number of aliphatic hydroxyl groups is 1. The van der Waals surface area contributed by atoms with Crippen LogP contribution in [0.25, 0.3) is 0 Å². The van der Waals surface area contributed by atoms with Gasteiger partial charge in [0.15, 0.2) is 0 Å². The number of hydrogen-bond donors (Lipinski definition) is 1. The Hall–Kier alpha value is -2.33. The van der Waals surface area contributed by atoms with E-state index in [1.807, 2.05) is 66.5 Å². The Morgan fingerprint density at radius 1 is 1.14 bits per heavy atom. The van der Waals surface area contributed by atoms with Crippen LogP contribution in [0.5, 0.6) is 0 Å². The summed E-state index contributed by atoms with van der Waals surface area (Å²) in [5, 5.41) is 9.65. The standard InChI is InChI=1S/C18H20N2O2/c1-19(14-7-3-2-4-8-14)17-10-6-5-9-16(17)18(22)20-12-11-15(21)13-20/h2-10,15,21H,11-13H2,1H3/t15-/m1/s1. The largest absolute Gasteiger partial charge is 0.391 e. The van der Waals surface area contributed by atoms with Gasteiger partial charge in [0.25, 0.3) is 5.91 Å². The molecule has 4 heteroatoms. The average molecular weight is 296 g/mol. The molecule has 0 unspecified atom stereocenters. The Bertz CT molecular complexity index is 657. The molecular weight excluding hydrogens is 276 g/mol. The van der Waals surface area contributed by atoms with Gasteiger partial charge in [0.2, 0.25) is 0 Å². The van der Waals surface area contributed by atoms with Crippen molar-refractivity contribution in [2.75, 3.05) is 25.0 Å². The van der Waals surface area contributed by atoms with Crippen LogP contribution in [-0.4, -0.2) is 42.2 Å². The predicted molar refractivity (Wildman–Crippen MR) is 87.5 cm³/mol. The van der Waals surface area contributed by atoms with Gasteiger partial charge < -0.3 is 14.9 Å². The van der Waals surface area contributed by atoms with Crippen LogP contribution in [0.1, 0.15) is 16.8 Å². The van der Waals surface area contributed by atoms with Crippen molar-refractivity contribution in [3.05, 3.63) is 60.2 Å². The highest BCUT2D eigenvalue weighted by Crippen LogP contribution is 2.28. The molecule has 0 saturated carbocycles. The van der Waals surface area contributed by atoms with Crippen LogP contribution in [0.15, 0.2) is 54.6 Å². The highest BCUT2D eigenvalue weighted by atomic mass is 16.3. The van der Waals surface area contributed by atoms with Crippen LogP contribution < -0.4 is 4.90 Å². The molecule has 114 valence electrons. The first kappa shape index (κ1) is 14.6. The number of para-hydroxylation sites is 2. The van der Waals surface area contributed by atoms with Crippen molar-refractivity contribution in [1.29, 1.82) is 0 Å². The fraction of sp³-hybridized carbons (Fsp3) is 0.278. The molecule has 1 N–H and O–H groups in total. The lowest BCUT2D eigenvalue weighted by Crippen LogP contribution is -2.30. The van der Waals surface area contributed by atoms with Crippen LogP contribution in [0, 0.1) is 0 Å². The first-order valence-corrected chi connectivity index (χ1v) is 7.52. The van der Waals surface area contributed by atoms with Crippen LogP contribution >= 0.6 is 0 Å². The van der Waals surface area contributed by atoms with E-state index in [1.165, 1.54) is 0 Å². The van der Waals surface area contributed by atoms with E-state index < -0.39 is 6.10 Å². The van der Waals surface area contributed by atoms with Crippen LogP contribution in [0.4, 0.5) is 11.4 Å². The molecule has 0 bridgehead atoms. The van der Waals surface area contributed by atoms with Crippen LogP contribution in [0.2, 0.25) is 0 Å². The van der Waals surface area contributed by atoms with Gasteiger partial charge in [-0.05, 0) is 30.7 Å². The van der Waals surface area contributed by atoms with Crippen LogP contribution in [-0.2, 0) is 0 Å².